The van der Waals surface area contributed by atoms with E-state index in [-0.39, 0.29) is 6.54 Å². The number of carbonyl (C=O) groups excluding carboxylic acids is 1. The van der Waals surface area contributed by atoms with E-state index in [1.807, 2.05) is 20.8 Å². The number of rotatable bonds is 3. The van der Waals surface area contributed by atoms with Crippen LogP contribution in [-0.4, -0.2) is 64.7 Å². The molecule has 0 aromatic heterocycles. The molecule has 1 heterocycles. The molecule has 1 saturated heterocycles. The molecule has 0 unspecified atom stereocenters. The summed E-state index contributed by atoms with van der Waals surface area (Å²) in [6, 6.07) is 0. The summed E-state index contributed by atoms with van der Waals surface area (Å²) in [7, 11) is 0. The van der Waals surface area contributed by atoms with E-state index in [1.54, 1.807) is 0 Å². The van der Waals surface area contributed by atoms with Gasteiger partial charge in [0.15, 0.2) is 6.10 Å². The summed E-state index contributed by atoms with van der Waals surface area (Å²) in [4.78, 5) is 12.8. The van der Waals surface area contributed by atoms with Gasteiger partial charge in [-0.05, 0) is 27.2 Å². The van der Waals surface area contributed by atoms with E-state index in [0.29, 0.717) is 13.0 Å². The van der Waals surface area contributed by atoms with Gasteiger partial charge in [-0.25, -0.2) is 4.39 Å². The van der Waals surface area contributed by atoms with Crippen LogP contribution in [0.4, 0.5) is 4.39 Å². The van der Waals surface area contributed by atoms with Crippen LogP contribution in [0.15, 0.2) is 0 Å². The Labute approximate surface area is 107 Å². The van der Waals surface area contributed by atoms with Crippen LogP contribution in [0, 0.1) is 0 Å². The van der Waals surface area contributed by atoms with Gasteiger partial charge in [0.05, 0.1) is 24.9 Å². The second-order valence-corrected chi connectivity index (χ2v) is 5.56. The number of ether oxygens (including phenoxy) is 1. The number of aliphatic hydroxyl groups excluding tert-OH is 2. The van der Waals surface area contributed by atoms with E-state index in [0.717, 1.165) is 0 Å². The number of alkyl halides is 1. The van der Waals surface area contributed by atoms with Crippen LogP contribution in [0.1, 0.15) is 27.2 Å². The maximum absolute atomic E-state index is 13.9. The second-order valence-electron chi connectivity index (χ2n) is 5.56. The lowest BCUT2D eigenvalue weighted by Crippen LogP contribution is -2.52. The fourth-order valence-electron chi connectivity index (χ4n) is 1.96. The highest BCUT2D eigenvalue weighted by Gasteiger charge is 2.35. The second kappa shape index (κ2) is 5.95. The highest BCUT2D eigenvalue weighted by atomic mass is 19.1. The number of nitrogens with zero attached hydrogens (tertiary/aromatic N) is 1. The summed E-state index contributed by atoms with van der Waals surface area (Å²) in [6.07, 6.45) is -2.87. The topological polar surface area (TPSA) is 70.0 Å². The first-order valence-corrected chi connectivity index (χ1v) is 6.14. The molecule has 1 amide bonds. The van der Waals surface area contributed by atoms with Crippen molar-refractivity contribution in [1.82, 2.24) is 4.90 Å². The van der Waals surface area contributed by atoms with E-state index >= 15 is 0 Å². The third-order valence-electron chi connectivity index (χ3n) is 2.76. The highest BCUT2D eigenvalue weighted by Crippen LogP contribution is 2.23. The molecule has 0 aromatic carbocycles. The molecule has 18 heavy (non-hydrogen) atoms. The normalized spacial score (nSPS) is 27.1. The standard InChI is InChI=1S/C12H22FNO4/c1-12(2,3)18-10-4-5-14(6-8(10)13)11(17)9(16)7-15/h8-10,15-16H,4-7H2,1-3H3/t8-,9+,10+/m1/s1. The van der Waals surface area contributed by atoms with E-state index < -0.39 is 36.5 Å². The van der Waals surface area contributed by atoms with E-state index in [9.17, 15) is 14.3 Å². The molecular weight excluding hydrogens is 241 g/mol. The highest BCUT2D eigenvalue weighted by molar-refractivity contribution is 5.80. The van der Waals surface area contributed by atoms with Crippen LogP contribution in [0.5, 0.6) is 0 Å². The van der Waals surface area contributed by atoms with Crippen molar-refractivity contribution in [2.45, 2.75) is 51.2 Å². The van der Waals surface area contributed by atoms with Gasteiger partial charge in [0, 0.05) is 6.54 Å². The number of amides is 1. The Kier molecular flexibility index (Phi) is 5.07. The monoisotopic (exact) mass is 263 g/mol. The molecule has 0 aliphatic carbocycles. The molecule has 2 N–H and O–H groups in total. The molecule has 0 saturated carbocycles. The van der Waals surface area contributed by atoms with Gasteiger partial charge >= 0.3 is 0 Å². The number of halogens is 1. The Morgan fingerprint density at radius 1 is 1.56 bits per heavy atom. The van der Waals surface area contributed by atoms with Crippen LogP contribution >= 0.6 is 0 Å². The number of hydrogen-bond donors (Lipinski definition) is 2. The molecule has 6 heteroatoms. The van der Waals surface area contributed by atoms with Crippen molar-refractivity contribution < 1.29 is 24.1 Å². The first-order chi connectivity index (χ1) is 8.24. The number of hydrogen-bond acceptors (Lipinski definition) is 4. The van der Waals surface area contributed by atoms with Crippen molar-refractivity contribution in [1.29, 1.82) is 0 Å². The predicted octanol–water partition coefficient (Wildman–Crippen LogP) is 0.0937. The fraction of sp³-hybridized carbons (Fsp3) is 0.917. The average Bonchev–Trinajstić information content (AvgIpc) is 2.28. The number of piperidine rings is 1. The largest absolute Gasteiger partial charge is 0.393 e. The van der Waals surface area contributed by atoms with Crippen LogP contribution in [-0.2, 0) is 9.53 Å². The minimum absolute atomic E-state index is 0.101. The number of carbonyl (C=O) groups is 1. The summed E-state index contributed by atoms with van der Waals surface area (Å²) in [6.45, 7) is 5.15. The van der Waals surface area contributed by atoms with Crippen molar-refractivity contribution in [2.75, 3.05) is 19.7 Å². The molecule has 0 aromatic rings. The maximum Gasteiger partial charge on any atom is 0.253 e. The Hall–Kier alpha value is -0.720. The summed E-state index contributed by atoms with van der Waals surface area (Å²) >= 11 is 0. The zero-order valence-electron chi connectivity index (χ0n) is 11.1. The average molecular weight is 263 g/mol. The van der Waals surface area contributed by atoms with E-state index in [2.05, 4.69) is 0 Å². The molecule has 0 spiro atoms. The molecule has 106 valence electrons. The minimum atomic E-state index is -1.46. The van der Waals surface area contributed by atoms with Gasteiger partial charge in [0.25, 0.3) is 5.91 Å². The summed E-state index contributed by atoms with van der Waals surface area (Å²) in [5, 5.41) is 17.9. The third-order valence-corrected chi connectivity index (χ3v) is 2.76. The predicted molar refractivity (Wildman–Crippen MR) is 63.8 cm³/mol. The van der Waals surface area contributed by atoms with Crippen LogP contribution in [0.25, 0.3) is 0 Å². The van der Waals surface area contributed by atoms with Crippen molar-refractivity contribution in [2.24, 2.45) is 0 Å². The van der Waals surface area contributed by atoms with Gasteiger partial charge in [-0.3, -0.25) is 4.79 Å². The van der Waals surface area contributed by atoms with Crippen LogP contribution in [0.3, 0.4) is 0 Å². The molecule has 0 bridgehead atoms. The van der Waals surface area contributed by atoms with E-state index in [4.69, 9.17) is 9.84 Å². The van der Waals surface area contributed by atoms with Crippen LogP contribution < -0.4 is 0 Å². The Morgan fingerprint density at radius 3 is 2.61 bits per heavy atom. The van der Waals surface area contributed by atoms with Crippen molar-refractivity contribution >= 4 is 5.91 Å². The molecule has 1 aliphatic heterocycles. The summed E-state index contributed by atoms with van der Waals surface area (Å²) in [5.41, 5.74) is -0.425. The van der Waals surface area contributed by atoms with Gasteiger partial charge in [-0.15, -0.1) is 0 Å². The van der Waals surface area contributed by atoms with Gasteiger partial charge in [-0.1, -0.05) is 0 Å². The number of likely N-dealkylation sites (tertiary alicyclic amines) is 1. The lowest BCUT2D eigenvalue weighted by Gasteiger charge is -2.38. The van der Waals surface area contributed by atoms with Gasteiger partial charge in [0.1, 0.15) is 6.17 Å². The minimum Gasteiger partial charge on any atom is -0.393 e. The van der Waals surface area contributed by atoms with Crippen molar-refractivity contribution in [3.05, 3.63) is 0 Å². The van der Waals surface area contributed by atoms with Gasteiger partial charge in [0.2, 0.25) is 0 Å². The molecule has 1 fully saturated rings. The molecule has 5 nitrogen and oxygen atoms in total. The SMILES string of the molecule is CC(C)(C)O[C@H]1CCN(C(=O)[C@@H](O)CO)C[C@H]1F. The quantitative estimate of drug-likeness (QED) is 0.757. The summed E-state index contributed by atoms with van der Waals surface area (Å²) in [5.74, 6) is -0.630. The first-order valence-electron chi connectivity index (χ1n) is 6.14. The van der Waals surface area contributed by atoms with Crippen molar-refractivity contribution in [3.8, 4) is 0 Å². The zero-order valence-corrected chi connectivity index (χ0v) is 11.1. The fourth-order valence-corrected chi connectivity index (χ4v) is 1.96. The van der Waals surface area contributed by atoms with E-state index in [1.165, 1.54) is 4.90 Å². The molecule has 0 radical (unpaired) electrons. The maximum atomic E-state index is 13.9. The summed E-state index contributed by atoms with van der Waals surface area (Å²) < 4.78 is 19.5. The molecular formula is C12H22FNO4. The van der Waals surface area contributed by atoms with Crippen LogP contribution in [0.2, 0.25) is 0 Å². The smallest absolute Gasteiger partial charge is 0.253 e. The Bertz CT molecular complexity index is 292. The lowest BCUT2D eigenvalue weighted by atomic mass is 10.0. The third kappa shape index (κ3) is 4.19. The van der Waals surface area contributed by atoms with Gasteiger partial charge in [-0.2, -0.15) is 0 Å². The molecule has 1 aliphatic rings. The number of aliphatic hydroxyl groups is 2. The zero-order chi connectivity index (χ0) is 13.9. The lowest BCUT2D eigenvalue weighted by molar-refractivity contribution is -0.153. The Balaban J connectivity index is 2.53. The Morgan fingerprint density at radius 2 is 2.17 bits per heavy atom. The van der Waals surface area contributed by atoms with Crippen molar-refractivity contribution in [3.63, 3.8) is 0 Å². The van der Waals surface area contributed by atoms with Gasteiger partial charge < -0.3 is 19.8 Å². The first kappa shape index (κ1) is 15.3. The molecule has 3 atom stereocenters. The molecule has 1 rings (SSSR count).